The minimum atomic E-state index is -0.639. The topological polar surface area (TPSA) is 50.4 Å². The molecule has 0 aliphatic rings. The Labute approximate surface area is 124 Å². The van der Waals surface area contributed by atoms with Crippen molar-refractivity contribution < 1.29 is 9.53 Å². The minimum Gasteiger partial charge on any atom is -0.495 e. The van der Waals surface area contributed by atoms with Crippen LogP contribution in [0, 0.1) is 0 Å². The normalized spacial score (nSPS) is 11.2. The van der Waals surface area contributed by atoms with Crippen molar-refractivity contribution in [2.24, 2.45) is 0 Å². The molecule has 0 spiro atoms. The molecule has 0 saturated carbocycles. The third-order valence-electron chi connectivity index (χ3n) is 2.68. The lowest BCUT2D eigenvalue weighted by Crippen LogP contribution is -2.47. The van der Waals surface area contributed by atoms with Crippen molar-refractivity contribution in [1.82, 2.24) is 5.32 Å². The molecule has 18 heavy (non-hydrogen) atoms. The van der Waals surface area contributed by atoms with Crippen LogP contribution in [0.25, 0.3) is 0 Å². The van der Waals surface area contributed by atoms with E-state index in [4.69, 9.17) is 4.74 Å². The van der Waals surface area contributed by atoms with Crippen LogP contribution in [0.15, 0.2) is 21.1 Å². The number of rotatable bonds is 4. The van der Waals surface area contributed by atoms with Gasteiger partial charge in [0.15, 0.2) is 0 Å². The Balaban J connectivity index is 3.01. The number of anilines is 1. The molecule has 0 unspecified atom stereocenters. The maximum atomic E-state index is 12.1. The molecule has 0 radical (unpaired) electrons. The predicted molar refractivity (Wildman–Crippen MR) is 80.2 cm³/mol. The van der Waals surface area contributed by atoms with Crippen LogP contribution in [-0.2, 0) is 4.79 Å². The van der Waals surface area contributed by atoms with Crippen LogP contribution in [-0.4, -0.2) is 25.6 Å². The largest absolute Gasteiger partial charge is 0.495 e. The average Bonchev–Trinajstić information content (AvgIpc) is 2.32. The molecule has 0 bridgehead atoms. The van der Waals surface area contributed by atoms with E-state index in [2.05, 4.69) is 42.5 Å². The summed E-state index contributed by atoms with van der Waals surface area (Å²) in [7, 11) is 3.33. The lowest BCUT2D eigenvalue weighted by Gasteiger charge is -2.23. The minimum absolute atomic E-state index is 0.116. The lowest BCUT2D eigenvalue weighted by molar-refractivity contribution is -0.121. The summed E-state index contributed by atoms with van der Waals surface area (Å²) in [5, 5.41) is 5.81. The summed E-state index contributed by atoms with van der Waals surface area (Å²) >= 11 is 6.79. The number of hydrogen-bond acceptors (Lipinski definition) is 3. The molecular formula is C12H16Br2N2O2. The summed E-state index contributed by atoms with van der Waals surface area (Å²) in [6.07, 6.45) is 0. The summed E-state index contributed by atoms with van der Waals surface area (Å²) < 4.78 is 6.81. The van der Waals surface area contributed by atoms with E-state index < -0.39 is 5.54 Å². The van der Waals surface area contributed by atoms with Crippen LogP contribution >= 0.6 is 31.9 Å². The molecule has 0 aromatic heterocycles. The maximum Gasteiger partial charge on any atom is 0.244 e. The third kappa shape index (κ3) is 3.46. The molecule has 4 nitrogen and oxygen atoms in total. The Hall–Kier alpha value is -0.590. The van der Waals surface area contributed by atoms with Crippen LogP contribution in [0.2, 0.25) is 0 Å². The number of carbonyl (C=O) groups is 1. The standard InChI is InChI=1S/C12H16Br2N2O2/c1-12(2,15-3)11(17)16-9-6-10(18-4)8(14)5-7(9)13/h5-6,15H,1-4H3,(H,16,17). The molecule has 0 fully saturated rings. The number of hydrogen-bond donors (Lipinski definition) is 2. The van der Waals surface area contributed by atoms with Gasteiger partial charge in [-0.05, 0) is 58.8 Å². The van der Waals surface area contributed by atoms with E-state index in [0.29, 0.717) is 11.4 Å². The molecule has 1 aromatic rings. The molecule has 1 rings (SSSR count). The molecular weight excluding hydrogens is 364 g/mol. The van der Waals surface area contributed by atoms with Gasteiger partial charge >= 0.3 is 0 Å². The molecule has 0 aliphatic carbocycles. The first-order valence-corrected chi connectivity index (χ1v) is 6.94. The number of amides is 1. The molecule has 6 heteroatoms. The maximum absolute atomic E-state index is 12.1. The molecule has 0 heterocycles. The summed E-state index contributed by atoms with van der Waals surface area (Å²) in [5.74, 6) is 0.547. The summed E-state index contributed by atoms with van der Waals surface area (Å²) in [5.41, 5.74) is 0.0307. The fourth-order valence-electron chi connectivity index (χ4n) is 1.17. The van der Waals surface area contributed by atoms with Crippen molar-refractivity contribution in [3.8, 4) is 5.75 Å². The van der Waals surface area contributed by atoms with E-state index >= 15 is 0 Å². The highest BCUT2D eigenvalue weighted by Gasteiger charge is 2.25. The lowest BCUT2D eigenvalue weighted by atomic mass is 10.1. The second kappa shape index (κ2) is 6.04. The Morgan fingerprint density at radius 2 is 1.89 bits per heavy atom. The third-order valence-corrected chi connectivity index (χ3v) is 3.96. The number of benzene rings is 1. The number of halogens is 2. The first-order chi connectivity index (χ1) is 8.31. The highest BCUT2D eigenvalue weighted by molar-refractivity contribution is 9.11. The monoisotopic (exact) mass is 378 g/mol. The van der Waals surface area contributed by atoms with Gasteiger partial charge in [0.2, 0.25) is 5.91 Å². The Bertz CT molecular complexity index is 462. The van der Waals surface area contributed by atoms with Gasteiger partial charge in [-0.25, -0.2) is 0 Å². The van der Waals surface area contributed by atoms with Crippen molar-refractivity contribution in [2.75, 3.05) is 19.5 Å². The molecule has 0 saturated heterocycles. The van der Waals surface area contributed by atoms with E-state index in [0.717, 1.165) is 8.95 Å². The zero-order valence-electron chi connectivity index (χ0n) is 10.7. The Morgan fingerprint density at radius 1 is 1.28 bits per heavy atom. The van der Waals surface area contributed by atoms with Crippen LogP contribution in [0.4, 0.5) is 5.69 Å². The molecule has 0 atom stereocenters. The second-order valence-electron chi connectivity index (χ2n) is 4.30. The zero-order chi connectivity index (χ0) is 13.9. The van der Waals surface area contributed by atoms with E-state index in [-0.39, 0.29) is 5.91 Å². The molecule has 100 valence electrons. The first-order valence-electron chi connectivity index (χ1n) is 5.35. The van der Waals surface area contributed by atoms with E-state index in [9.17, 15) is 4.79 Å². The van der Waals surface area contributed by atoms with Crippen molar-refractivity contribution >= 4 is 43.5 Å². The van der Waals surface area contributed by atoms with Crippen LogP contribution in [0.3, 0.4) is 0 Å². The zero-order valence-corrected chi connectivity index (χ0v) is 13.9. The fraction of sp³-hybridized carbons (Fsp3) is 0.417. The number of nitrogens with one attached hydrogen (secondary N) is 2. The van der Waals surface area contributed by atoms with Gasteiger partial charge in [-0.1, -0.05) is 0 Å². The highest BCUT2D eigenvalue weighted by Crippen LogP contribution is 2.34. The predicted octanol–water partition coefficient (Wildman–Crippen LogP) is 3.16. The first kappa shape index (κ1) is 15.5. The Kier molecular flexibility index (Phi) is 5.19. The van der Waals surface area contributed by atoms with Crippen molar-refractivity contribution in [2.45, 2.75) is 19.4 Å². The van der Waals surface area contributed by atoms with Gasteiger partial charge in [0.1, 0.15) is 5.75 Å². The molecule has 1 aromatic carbocycles. The van der Waals surface area contributed by atoms with Gasteiger partial charge in [0, 0.05) is 10.5 Å². The van der Waals surface area contributed by atoms with Gasteiger partial charge in [0.25, 0.3) is 0 Å². The number of methoxy groups -OCH3 is 1. The van der Waals surface area contributed by atoms with Crippen LogP contribution < -0.4 is 15.4 Å². The van der Waals surface area contributed by atoms with E-state index in [1.165, 1.54) is 0 Å². The van der Waals surface area contributed by atoms with Crippen molar-refractivity contribution in [1.29, 1.82) is 0 Å². The molecule has 0 aliphatic heterocycles. The quantitative estimate of drug-likeness (QED) is 0.844. The van der Waals surface area contributed by atoms with Crippen molar-refractivity contribution in [3.05, 3.63) is 21.1 Å². The SMILES string of the molecule is CNC(C)(C)C(=O)Nc1cc(OC)c(Br)cc1Br. The van der Waals surface area contributed by atoms with Crippen LogP contribution in [0.1, 0.15) is 13.8 Å². The number of ether oxygens (including phenoxy) is 1. The fourth-order valence-corrected chi connectivity index (χ4v) is 2.43. The van der Waals surface area contributed by atoms with Crippen molar-refractivity contribution in [3.63, 3.8) is 0 Å². The van der Waals surface area contributed by atoms with Gasteiger partial charge < -0.3 is 15.4 Å². The highest BCUT2D eigenvalue weighted by atomic mass is 79.9. The summed E-state index contributed by atoms with van der Waals surface area (Å²) in [4.78, 5) is 12.1. The van der Waals surface area contributed by atoms with E-state index in [1.807, 2.05) is 19.9 Å². The second-order valence-corrected chi connectivity index (χ2v) is 6.00. The van der Waals surface area contributed by atoms with E-state index in [1.54, 1.807) is 20.2 Å². The van der Waals surface area contributed by atoms with Crippen LogP contribution in [0.5, 0.6) is 5.75 Å². The average molecular weight is 380 g/mol. The Morgan fingerprint density at radius 3 is 2.39 bits per heavy atom. The van der Waals surface area contributed by atoms with Gasteiger partial charge in [0.05, 0.1) is 22.8 Å². The van der Waals surface area contributed by atoms with Gasteiger partial charge in [-0.15, -0.1) is 0 Å². The molecule has 1 amide bonds. The smallest absolute Gasteiger partial charge is 0.244 e. The number of likely N-dealkylation sites (N-methyl/N-ethyl adjacent to an activating group) is 1. The van der Waals surface area contributed by atoms with Gasteiger partial charge in [-0.3, -0.25) is 4.79 Å². The number of carbonyl (C=O) groups excluding carboxylic acids is 1. The van der Waals surface area contributed by atoms with Gasteiger partial charge in [-0.2, -0.15) is 0 Å². The summed E-state index contributed by atoms with van der Waals surface area (Å²) in [6.45, 7) is 3.62. The molecule has 2 N–H and O–H groups in total. The summed E-state index contributed by atoms with van der Waals surface area (Å²) in [6, 6.07) is 3.60.